The van der Waals surface area contributed by atoms with Gasteiger partial charge in [-0.25, -0.2) is 8.70 Å². The highest BCUT2D eigenvalue weighted by Crippen LogP contribution is 2.49. The number of nitrogens with two attached hydrogens (primary N) is 1. The van der Waals surface area contributed by atoms with Crippen molar-refractivity contribution in [1.82, 2.24) is 19.9 Å². The summed E-state index contributed by atoms with van der Waals surface area (Å²) in [4.78, 5) is 17.4. The average Bonchev–Trinajstić information content (AvgIpc) is 3.10. The Morgan fingerprint density at radius 2 is 1.91 bits per heavy atom. The minimum Gasteiger partial charge on any atom is -0.352 e. The molecule has 3 fully saturated rings. The largest absolute Gasteiger partial charge is 0.417 e. The molecule has 5 rings (SSSR count). The number of amides is 1. The van der Waals surface area contributed by atoms with Gasteiger partial charge in [-0.2, -0.15) is 13.2 Å². The molecule has 3 heterocycles. The number of nitrogens with one attached hydrogen (secondary N) is 2. The summed E-state index contributed by atoms with van der Waals surface area (Å²) in [6, 6.07) is 3.36. The maximum atomic E-state index is 14.5. The predicted molar refractivity (Wildman–Crippen MR) is 163 cm³/mol. The first kappa shape index (κ1) is 33.4. The van der Waals surface area contributed by atoms with E-state index in [1.165, 1.54) is 18.3 Å². The van der Waals surface area contributed by atoms with Crippen molar-refractivity contribution in [3.8, 4) is 0 Å². The molecule has 2 aliphatic heterocycles. The number of aromatic nitrogens is 1. The third-order valence-electron chi connectivity index (χ3n) is 9.31. The molecule has 1 amide bonds. The maximum Gasteiger partial charge on any atom is 0.417 e. The number of benzene rings is 1. The highest BCUT2D eigenvalue weighted by atomic mass is 35.5. The van der Waals surface area contributed by atoms with E-state index in [9.17, 15) is 31.5 Å². The van der Waals surface area contributed by atoms with Gasteiger partial charge in [0.15, 0.2) is 0 Å². The topological polar surface area (TPSA) is 124 Å². The molecular weight excluding hydrogens is 622 g/mol. The summed E-state index contributed by atoms with van der Waals surface area (Å²) in [7, 11) is -2.82. The van der Waals surface area contributed by atoms with Gasteiger partial charge >= 0.3 is 6.18 Å². The lowest BCUT2D eigenvalue weighted by atomic mass is 9.80. The third kappa shape index (κ3) is 7.68. The minimum atomic E-state index is -4.67. The van der Waals surface area contributed by atoms with Gasteiger partial charge < -0.3 is 16.4 Å². The van der Waals surface area contributed by atoms with Crippen LogP contribution in [0.15, 0.2) is 36.7 Å². The summed E-state index contributed by atoms with van der Waals surface area (Å²) in [6.45, 7) is 1.27. The van der Waals surface area contributed by atoms with Crippen LogP contribution in [-0.4, -0.2) is 67.3 Å². The van der Waals surface area contributed by atoms with Crippen molar-refractivity contribution in [3.05, 3.63) is 64.2 Å². The van der Waals surface area contributed by atoms with E-state index in [0.29, 0.717) is 25.0 Å². The molecule has 44 heavy (non-hydrogen) atoms. The van der Waals surface area contributed by atoms with Gasteiger partial charge in [-0.05, 0) is 73.8 Å². The Morgan fingerprint density at radius 1 is 1.14 bits per heavy atom. The summed E-state index contributed by atoms with van der Waals surface area (Å²) in [5.74, 6) is -1.95. The van der Waals surface area contributed by atoms with Gasteiger partial charge in [-0.1, -0.05) is 30.5 Å². The lowest BCUT2D eigenvalue weighted by Crippen LogP contribution is -2.56. The monoisotopic (exact) mass is 661 g/mol. The van der Waals surface area contributed by atoms with Gasteiger partial charge in [0.05, 0.1) is 22.4 Å². The van der Waals surface area contributed by atoms with E-state index >= 15 is 0 Å². The van der Waals surface area contributed by atoms with Crippen LogP contribution in [0.4, 0.5) is 17.6 Å². The summed E-state index contributed by atoms with van der Waals surface area (Å²) < 4.78 is 78.6. The van der Waals surface area contributed by atoms with E-state index in [-0.39, 0.29) is 40.2 Å². The molecule has 1 unspecified atom stereocenters. The van der Waals surface area contributed by atoms with Crippen molar-refractivity contribution < 1.29 is 31.5 Å². The molecule has 2 aromatic rings. The first-order chi connectivity index (χ1) is 20.8. The van der Waals surface area contributed by atoms with Gasteiger partial charge in [-0.3, -0.25) is 18.9 Å². The number of piperazine rings is 1. The Bertz CT molecular complexity index is 1320. The lowest BCUT2D eigenvalue weighted by Gasteiger charge is -2.49. The maximum absolute atomic E-state index is 14.5. The second-order valence-electron chi connectivity index (χ2n) is 12.3. The van der Waals surface area contributed by atoms with Crippen LogP contribution in [-0.2, 0) is 11.0 Å². The van der Waals surface area contributed by atoms with Gasteiger partial charge in [0.1, 0.15) is 5.82 Å². The van der Waals surface area contributed by atoms with Crippen molar-refractivity contribution in [2.45, 2.75) is 87.6 Å². The Hall–Kier alpha value is -2.00. The van der Waals surface area contributed by atoms with Crippen LogP contribution in [0, 0.1) is 11.7 Å². The van der Waals surface area contributed by atoms with Gasteiger partial charge in [0, 0.05) is 49.5 Å². The van der Waals surface area contributed by atoms with Crippen LogP contribution in [0.2, 0.25) is 5.02 Å². The standard InChI is InChI=1S/C30H40ClF4N5O3S/c31-24-10-8-19(13-25(24)32)27(20-12-21(15-37-14-20)30(33,34)35)28(36)29(41)39-26-6-2-1-4-18(26)7-9-23-16-38-22-5-3-11-44(42,43)40(23)17-22/h8,10,12-15,18,22-23,26-28,38,42-43H,1-7,9,11,16-17,36H2,(H,39,41)/t18-,22-,23+,26+,27+,28+/m1/s1. The van der Waals surface area contributed by atoms with Gasteiger partial charge in [0.2, 0.25) is 5.91 Å². The Morgan fingerprint density at radius 3 is 2.66 bits per heavy atom. The molecule has 1 aromatic carbocycles. The van der Waals surface area contributed by atoms with E-state index in [1.54, 1.807) is 0 Å². The van der Waals surface area contributed by atoms with Gasteiger partial charge in [0.25, 0.3) is 0 Å². The average molecular weight is 662 g/mol. The normalized spacial score (nSPS) is 29.2. The second kappa shape index (κ2) is 13.8. The number of alkyl halides is 3. The molecular formula is C30H40ClF4N5O3S. The molecule has 1 aromatic heterocycles. The summed E-state index contributed by atoms with van der Waals surface area (Å²) in [5, 5.41) is 6.45. The van der Waals surface area contributed by atoms with Crippen LogP contribution in [0.25, 0.3) is 0 Å². The number of hydrogen-bond donors (Lipinski definition) is 5. The minimum absolute atomic E-state index is 0.0314. The first-order valence-electron chi connectivity index (χ1n) is 15.1. The van der Waals surface area contributed by atoms with Crippen LogP contribution in [0.5, 0.6) is 0 Å². The van der Waals surface area contributed by atoms with E-state index < -0.39 is 46.2 Å². The Kier molecular flexibility index (Phi) is 10.4. The molecule has 1 aliphatic carbocycles. The molecule has 6 N–H and O–H groups in total. The summed E-state index contributed by atoms with van der Waals surface area (Å²) >= 11 is 5.86. The molecule has 14 heteroatoms. The van der Waals surface area contributed by atoms with Crippen molar-refractivity contribution in [2.75, 3.05) is 18.8 Å². The van der Waals surface area contributed by atoms with Crippen LogP contribution in [0.1, 0.15) is 74.0 Å². The lowest BCUT2D eigenvalue weighted by molar-refractivity contribution is -0.137. The highest BCUT2D eigenvalue weighted by molar-refractivity contribution is 8.22. The molecule has 2 bridgehead atoms. The number of carbonyl (C=O) groups is 1. The van der Waals surface area contributed by atoms with Crippen LogP contribution >= 0.6 is 22.4 Å². The van der Waals surface area contributed by atoms with Crippen molar-refractivity contribution in [3.63, 3.8) is 0 Å². The molecule has 0 radical (unpaired) electrons. The van der Waals surface area contributed by atoms with Gasteiger partial charge in [-0.15, -0.1) is 10.8 Å². The third-order valence-corrected chi connectivity index (χ3v) is 11.7. The number of nitrogens with zero attached hydrogens (tertiary/aromatic N) is 2. The Labute approximate surface area is 261 Å². The zero-order valence-corrected chi connectivity index (χ0v) is 25.9. The smallest absolute Gasteiger partial charge is 0.352 e. The fraction of sp³-hybridized carbons (Fsp3) is 0.600. The quantitative estimate of drug-likeness (QED) is 0.223. The number of pyridine rings is 1. The number of carbonyl (C=O) groups excluding carboxylic acids is 1. The predicted octanol–water partition coefficient (Wildman–Crippen LogP) is 5.91. The molecule has 2 saturated heterocycles. The summed E-state index contributed by atoms with van der Waals surface area (Å²) in [6.07, 6.45) is 3.88. The zero-order chi connectivity index (χ0) is 31.6. The van der Waals surface area contributed by atoms with E-state index in [4.69, 9.17) is 17.3 Å². The molecule has 7 atom stereocenters. The fourth-order valence-electron chi connectivity index (χ4n) is 6.95. The highest BCUT2D eigenvalue weighted by Gasteiger charge is 2.40. The summed E-state index contributed by atoms with van der Waals surface area (Å²) in [5.41, 5.74) is 5.72. The number of rotatable bonds is 8. The number of hydrogen-bond acceptors (Lipinski definition) is 7. The van der Waals surface area contributed by atoms with E-state index in [1.807, 2.05) is 4.31 Å². The van der Waals surface area contributed by atoms with E-state index in [0.717, 1.165) is 63.5 Å². The SMILES string of the molecule is N[C@H](C(=O)N[C@H]1CCCC[C@@H]1CC[C@H]1CN[C@@H]2CCCS(O)(O)N1C2)[C@H](c1cncc(C(F)(F)F)c1)c1ccc(Cl)c(F)c1. The zero-order valence-electron chi connectivity index (χ0n) is 24.3. The van der Waals surface area contributed by atoms with E-state index in [2.05, 4.69) is 15.6 Å². The molecule has 8 nitrogen and oxygen atoms in total. The fourth-order valence-corrected chi connectivity index (χ4v) is 8.93. The second-order valence-corrected chi connectivity index (χ2v) is 14.8. The molecule has 244 valence electrons. The van der Waals surface area contributed by atoms with Crippen molar-refractivity contribution >= 4 is 28.3 Å². The van der Waals surface area contributed by atoms with Crippen molar-refractivity contribution in [1.29, 1.82) is 0 Å². The van der Waals surface area contributed by atoms with Crippen LogP contribution in [0.3, 0.4) is 0 Å². The van der Waals surface area contributed by atoms with Crippen LogP contribution < -0.4 is 16.4 Å². The molecule has 3 aliphatic rings. The molecule has 0 spiro atoms. The number of halogens is 5. The molecule has 1 saturated carbocycles. The first-order valence-corrected chi connectivity index (χ1v) is 17.2. The Balaban J connectivity index is 1.32. The van der Waals surface area contributed by atoms with Crippen molar-refractivity contribution in [2.24, 2.45) is 11.7 Å². The number of fused-ring (bicyclic) bond motifs is 2.